The molecule has 0 saturated carbocycles. The summed E-state index contributed by atoms with van der Waals surface area (Å²) in [6.07, 6.45) is 5.58. The number of amides is 2. The Bertz CT molecular complexity index is 5790. The van der Waals surface area contributed by atoms with Gasteiger partial charge in [0, 0.05) is 60.2 Å². The van der Waals surface area contributed by atoms with Gasteiger partial charge in [0.25, 0.3) is 11.8 Å². The van der Waals surface area contributed by atoms with Gasteiger partial charge in [-0.05, 0) is 258 Å². The zero-order valence-electron chi connectivity index (χ0n) is 80.3. The molecule has 0 saturated heterocycles. The van der Waals surface area contributed by atoms with Crippen molar-refractivity contribution in [3.8, 4) is 46.0 Å². The quantitative estimate of drug-likeness (QED) is 0.0190. The van der Waals surface area contributed by atoms with Crippen molar-refractivity contribution in [2.75, 3.05) is 9.80 Å². The summed E-state index contributed by atoms with van der Waals surface area (Å²) < 4.78 is 35.8. The third-order valence-electron chi connectivity index (χ3n) is 25.1. The molecule has 11 heteroatoms. The van der Waals surface area contributed by atoms with Crippen LogP contribution in [0.2, 0.25) is 0 Å². The van der Waals surface area contributed by atoms with Crippen LogP contribution < -0.4 is 28.7 Å². The van der Waals surface area contributed by atoms with Gasteiger partial charge in [0.15, 0.2) is 0 Å². The van der Waals surface area contributed by atoms with Gasteiger partial charge in [-0.1, -0.05) is 281 Å². The van der Waals surface area contributed by atoms with Crippen LogP contribution in [0, 0.1) is 32.5 Å². The average molecular weight is 1680 g/mol. The number of nitrogens with zero attached hydrogens (tertiary/aromatic N) is 2. The van der Waals surface area contributed by atoms with Crippen LogP contribution in [0.25, 0.3) is 43.1 Å². The molecule has 0 fully saturated rings. The predicted molar refractivity (Wildman–Crippen MR) is 518 cm³/mol. The number of hydrogen-bond acceptors (Lipinski definition) is 10. The molecule has 0 spiro atoms. The van der Waals surface area contributed by atoms with Gasteiger partial charge in [-0.15, -0.1) is 0 Å². The zero-order chi connectivity index (χ0) is 91.2. The van der Waals surface area contributed by atoms with Crippen LogP contribution in [0.5, 0.6) is 46.0 Å². The van der Waals surface area contributed by atoms with E-state index in [-0.39, 0.29) is 116 Å². The van der Waals surface area contributed by atoms with Crippen LogP contribution in [0.1, 0.15) is 321 Å². The fourth-order valence-electron chi connectivity index (χ4n) is 22.2. The summed E-state index contributed by atoms with van der Waals surface area (Å²) in [6.45, 7) is 68.1. The number of anilines is 4. The van der Waals surface area contributed by atoms with Crippen molar-refractivity contribution in [3.63, 3.8) is 0 Å². The molecule has 0 N–H and O–H groups in total. The van der Waals surface area contributed by atoms with E-state index in [1.165, 1.54) is 16.0 Å². The van der Waals surface area contributed by atoms with Gasteiger partial charge in [-0.2, -0.15) is 0 Å². The van der Waals surface area contributed by atoms with Crippen LogP contribution in [0.4, 0.5) is 22.7 Å². The molecule has 2 amide bonds. The van der Waals surface area contributed by atoms with Gasteiger partial charge in [-0.25, -0.2) is 14.5 Å². The summed E-state index contributed by atoms with van der Waals surface area (Å²) in [6, 6.07) is 64.8. The van der Waals surface area contributed by atoms with Crippen molar-refractivity contribution in [2.24, 2.45) is 32.5 Å². The largest absolute Gasteiger partial charge is 0.457 e. The summed E-state index contributed by atoms with van der Waals surface area (Å²) in [5.74, 6) is -0.289. The summed E-state index contributed by atoms with van der Waals surface area (Å²) in [7, 11) is 0. The molecule has 0 aliphatic carbocycles. The summed E-state index contributed by atoms with van der Waals surface area (Å²) in [5, 5.41) is 3.06. The number of cyclic esters (lactones) is 2. The van der Waals surface area contributed by atoms with E-state index in [1.54, 1.807) is 24.3 Å². The number of carbonyl (C=O) groups excluding carboxylic acids is 4. The number of hydrogen-bond donors (Lipinski definition) is 0. The van der Waals surface area contributed by atoms with Crippen LogP contribution in [-0.2, 0) is 37.2 Å². The van der Waals surface area contributed by atoms with Crippen molar-refractivity contribution in [2.45, 2.75) is 279 Å². The lowest BCUT2D eigenvalue weighted by molar-refractivity contribution is 0.0389. The molecule has 12 aromatic carbocycles. The highest BCUT2D eigenvalue weighted by atomic mass is 16.6. The number of esters is 2. The Hall–Kier alpha value is -10.8. The SMILES string of the molecule is CC(C)(C)CC(C)(C)c1ccc(Oc2cc3c4c(cc(Oc5ccc(C(C)(C)CC(C)(C)C)cc5)c5c6c(Oc7ccc(C(C)(C)CC(C)(C)C)cc7)cc7c8c(cc(Oc9ccc(C(C)(C)CC(C)(C)C)cc9)c(c2c45)c86)C(=O)N(c2ccc(N(c4ccc(C(C)(C)CC(C)(C)C)cc4)c4ccc(C(C)(C)CC(C)(C)C)cc4)cc2)C7=O)C(=O)OC3=O)cc1. The molecule has 14 rings (SSSR count). The summed E-state index contributed by atoms with van der Waals surface area (Å²) >= 11 is 0. The zero-order valence-corrected chi connectivity index (χ0v) is 80.3. The minimum atomic E-state index is -0.870. The second kappa shape index (κ2) is 31.7. The number of benzene rings is 12. The molecule has 2 heterocycles. The maximum Gasteiger partial charge on any atom is 0.346 e. The van der Waals surface area contributed by atoms with Crippen LogP contribution in [-0.4, -0.2) is 23.8 Å². The number of ether oxygens (including phenoxy) is 5. The fraction of sp³-hybridized carbons (Fsp3) is 0.421. The average Bonchev–Trinajstić information content (AvgIpc) is 0.670. The van der Waals surface area contributed by atoms with E-state index in [0.29, 0.717) is 66.4 Å². The third-order valence-corrected chi connectivity index (χ3v) is 25.1. The first-order valence-corrected chi connectivity index (χ1v) is 45.0. The Labute approximate surface area is 744 Å². The molecular formula is C114H134N2O9. The van der Waals surface area contributed by atoms with Crippen molar-refractivity contribution < 1.29 is 42.9 Å². The molecule has 2 aliphatic heterocycles. The van der Waals surface area contributed by atoms with Gasteiger partial charge in [0.1, 0.15) is 46.0 Å². The Morgan fingerprint density at radius 2 is 0.432 bits per heavy atom. The summed E-state index contributed by atoms with van der Waals surface area (Å²) in [5.41, 5.74) is 9.57. The number of fused-ring (bicyclic) bond motifs is 2. The van der Waals surface area contributed by atoms with E-state index in [0.717, 1.165) is 77.8 Å². The summed E-state index contributed by atoms with van der Waals surface area (Å²) in [4.78, 5) is 67.6. The van der Waals surface area contributed by atoms with E-state index in [1.807, 2.05) is 72.8 Å². The molecule has 11 nitrogen and oxygen atoms in total. The predicted octanol–water partition coefficient (Wildman–Crippen LogP) is 32.8. The van der Waals surface area contributed by atoms with E-state index in [2.05, 4.69) is 310 Å². The van der Waals surface area contributed by atoms with Gasteiger partial charge in [-0.3, -0.25) is 9.59 Å². The fourth-order valence-corrected chi connectivity index (χ4v) is 22.2. The smallest absolute Gasteiger partial charge is 0.346 e. The first-order valence-electron chi connectivity index (χ1n) is 45.0. The molecular weight excluding hydrogens is 1540 g/mol. The maximum absolute atomic E-state index is 16.9. The van der Waals surface area contributed by atoms with E-state index < -0.39 is 23.8 Å². The molecule has 2 aliphatic rings. The first-order chi connectivity index (χ1) is 57.7. The Morgan fingerprint density at radius 1 is 0.240 bits per heavy atom. The Balaban J connectivity index is 1.06. The number of imide groups is 1. The minimum absolute atomic E-state index is 0.0125. The molecule has 125 heavy (non-hydrogen) atoms. The van der Waals surface area contributed by atoms with Crippen LogP contribution >= 0.6 is 0 Å². The van der Waals surface area contributed by atoms with Gasteiger partial charge in [0.05, 0.1) is 27.9 Å². The molecule has 654 valence electrons. The molecule has 0 radical (unpaired) electrons. The Morgan fingerprint density at radius 3 is 0.648 bits per heavy atom. The monoisotopic (exact) mass is 1680 g/mol. The van der Waals surface area contributed by atoms with E-state index >= 15 is 19.2 Å². The Kier molecular flexibility index (Phi) is 22.9. The molecule has 0 aromatic heterocycles. The topological polar surface area (TPSA) is 121 Å². The van der Waals surface area contributed by atoms with Gasteiger partial charge in [0.2, 0.25) is 0 Å². The van der Waals surface area contributed by atoms with Crippen molar-refractivity contribution in [3.05, 3.63) is 250 Å². The first kappa shape index (κ1) is 90.5. The van der Waals surface area contributed by atoms with E-state index in [4.69, 9.17) is 23.7 Å². The molecule has 0 atom stereocenters. The minimum Gasteiger partial charge on any atom is -0.457 e. The third kappa shape index (κ3) is 19.0. The lowest BCUT2D eigenvalue weighted by Gasteiger charge is -2.34. The molecule has 12 aromatic rings. The molecule has 0 bridgehead atoms. The van der Waals surface area contributed by atoms with Crippen LogP contribution in [0.15, 0.2) is 194 Å². The normalized spacial score (nSPS) is 14.3. The van der Waals surface area contributed by atoms with E-state index in [9.17, 15) is 0 Å². The highest BCUT2D eigenvalue weighted by Crippen LogP contribution is 2.59. The van der Waals surface area contributed by atoms with Crippen molar-refractivity contribution >= 4 is 89.6 Å². The second-order valence-corrected chi connectivity index (χ2v) is 47.5. The second-order valence-electron chi connectivity index (χ2n) is 47.5. The van der Waals surface area contributed by atoms with Gasteiger partial charge >= 0.3 is 11.9 Å². The standard InChI is InChI=1S/C114H134N2O9/c1-103(2,3)63-109(19,20)69-31-43-75(44-32-69)115(76-45-33-70(34-46-76)110(21,22)64-104(4,5)6)77-47-49-78(50-48-77)116-99(117)83-59-87(121-79-51-35-71(36-52-79)111(23,24)65-105(7,8)9)93-95-89(123-81-55-39-73(40-56-81)113(27,28)67-107(13,14)15)61-85-92-86(102(120)125-101(85)119)62-90(124-82-57-41-74(42-58-82)114(29,30)68-108(16,17)18)96(98(92)95)94-88(60-84(100(116)118)91(83)97(93)94)122-80-53-37-72(38-54-80)112(25,26)66-106(10,11)12/h31-62H,63-68H2,1-30H3. The maximum atomic E-state index is 16.9. The van der Waals surface area contributed by atoms with Crippen molar-refractivity contribution in [1.29, 1.82) is 0 Å². The van der Waals surface area contributed by atoms with Crippen molar-refractivity contribution in [1.82, 2.24) is 0 Å². The highest BCUT2D eigenvalue weighted by Gasteiger charge is 2.43. The van der Waals surface area contributed by atoms with Crippen LogP contribution in [0.3, 0.4) is 0 Å². The highest BCUT2D eigenvalue weighted by molar-refractivity contribution is 6.46. The number of rotatable bonds is 24. The van der Waals surface area contributed by atoms with Gasteiger partial charge < -0.3 is 28.6 Å². The number of carbonyl (C=O) groups is 4. The lowest BCUT2D eigenvalue weighted by Crippen LogP contribution is -2.40. The lowest BCUT2D eigenvalue weighted by atomic mass is 9.72. The molecule has 0 unspecified atom stereocenters.